The lowest BCUT2D eigenvalue weighted by Crippen LogP contribution is -2.37. The smallest absolute Gasteiger partial charge is 0.0717 e. The van der Waals surface area contributed by atoms with Crippen LogP contribution in [0.5, 0.6) is 0 Å². The Hall–Kier alpha value is -1.90. The minimum Gasteiger partial charge on any atom is -0.376 e. The molecule has 0 radical (unpaired) electrons. The van der Waals surface area contributed by atoms with Crippen molar-refractivity contribution >= 4 is 0 Å². The lowest BCUT2D eigenvalue weighted by Gasteiger charge is -2.40. The quantitative estimate of drug-likeness (QED) is 0.534. The first-order valence-corrected chi connectivity index (χ1v) is 9.66. The molecule has 0 aliphatic heterocycles. The van der Waals surface area contributed by atoms with Crippen LogP contribution < -0.4 is 0 Å². The molecule has 138 valence electrons. The Kier molecular flexibility index (Phi) is 7.04. The minimum absolute atomic E-state index is 0.0979. The maximum atomic E-state index is 6.14. The molecule has 0 saturated heterocycles. The molecule has 1 atom stereocenters. The van der Waals surface area contributed by atoms with E-state index in [4.69, 9.17) is 9.47 Å². The first-order chi connectivity index (χ1) is 12.8. The Labute approximate surface area is 157 Å². The average molecular weight is 351 g/mol. The van der Waals surface area contributed by atoms with E-state index < -0.39 is 0 Å². The lowest BCUT2D eigenvalue weighted by atomic mass is 9.70. The summed E-state index contributed by atoms with van der Waals surface area (Å²) in [5, 5.41) is 0. The van der Waals surface area contributed by atoms with Gasteiger partial charge in [0.05, 0.1) is 26.4 Å². The van der Waals surface area contributed by atoms with Gasteiger partial charge in [0.1, 0.15) is 0 Å². The maximum Gasteiger partial charge on any atom is 0.0717 e. The van der Waals surface area contributed by atoms with E-state index in [1.165, 1.54) is 30.4 Å². The van der Waals surface area contributed by atoms with Gasteiger partial charge in [-0.15, -0.1) is 6.58 Å². The Morgan fingerprint density at radius 1 is 0.885 bits per heavy atom. The summed E-state index contributed by atoms with van der Waals surface area (Å²) in [4.78, 5) is 0. The first kappa shape index (κ1) is 18.9. The van der Waals surface area contributed by atoms with Gasteiger partial charge >= 0.3 is 0 Å². The van der Waals surface area contributed by atoms with E-state index in [1.807, 2.05) is 12.1 Å². The van der Waals surface area contributed by atoms with E-state index in [9.17, 15) is 0 Å². The summed E-state index contributed by atoms with van der Waals surface area (Å²) in [7, 11) is 0. The summed E-state index contributed by atoms with van der Waals surface area (Å²) in [6.07, 6.45) is 6.85. The third kappa shape index (κ3) is 5.55. The molecule has 26 heavy (non-hydrogen) atoms. The van der Waals surface area contributed by atoms with Crippen LogP contribution in [0, 0.1) is 11.3 Å². The summed E-state index contributed by atoms with van der Waals surface area (Å²) < 4.78 is 12.3. The molecule has 0 bridgehead atoms. The van der Waals surface area contributed by atoms with E-state index in [0.29, 0.717) is 19.1 Å². The molecule has 0 heterocycles. The maximum absolute atomic E-state index is 6.14. The SMILES string of the molecule is C=C[C@@H]1CCCC(COCc2ccccc2)(COCc2ccccc2)C1. The average Bonchev–Trinajstić information content (AvgIpc) is 2.70. The first-order valence-electron chi connectivity index (χ1n) is 9.66. The van der Waals surface area contributed by atoms with Crippen LogP contribution in [0.4, 0.5) is 0 Å². The highest BCUT2D eigenvalue weighted by Crippen LogP contribution is 2.41. The van der Waals surface area contributed by atoms with Crippen LogP contribution in [0.1, 0.15) is 36.8 Å². The fourth-order valence-corrected chi connectivity index (χ4v) is 3.92. The van der Waals surface area contributed by atoms with Crippen LogP contribution in [0.15, 0.2) is 73.3 Å². The molecule has 1 aliphatic carbocycles. The van der Waals surface area contributed by atoms with Gasteiger partial charge < -0.3 is 9.47 Å². The summed E-state index contributed by atoms with van der Waals surface area (Å²) in [6.45, 7) is 6.86. The zero-order chi connectivity index (χ0) is 18.1. The van der Waals surface area contributed by atoms with Crippen LogP contribution in [0.2, 0.25) is 0 Å². The van der Waals surface area contributed by atoms with Gasteiger partial charge in [-0.2, -0.15) is 0 Å². The predicted molar refractivity (Wildman–Crippen MR) is 107 cm³/mol. The molecule has 1 aliphatic rings. The minimum atomic E-state index is 0.0979. The van der Waals surface area contributed by atoms with E-state index in [2.05, 4.69) is 61.2 Å². The van der Waals surface area contributed by atoms with Gasteiger partial charge in [0.15, 0.2) is 0 Å². The molecule has 2 aromatic rings. The van der Waals surface area contributed by atoms with E-state index in [1.54, 1.807) is 0 Å². The van der Waals surface area contributed by atoms with Crippen molar-refractivity contribution in [2.75, 3.05) is 13.2 Å². The van der Waals surface area contributed by atoms with E-state index in [-0.39, 0.29) is 5.41 Å². The van der Waals surface area contributed by atoms with Gasteiger partial charge in [0.2, 0.25) is 0 Å². The molecule has 3 rings (SSSR count). The fraction of sp³-hybridized carbons (Fsp3) is 0.417. The molecule has 0 aromatic heterocycles. The highest BCUT2D eigenvalue weighted by molar-refractivity contribution is 5.14. The number of ether oxygens (including phenoxy) is 2. The van der Waals surface area contributed by atoms with Crippen LogP contribution in [-0.2, 0) is 22.7 Å². The van der Waals surface area contributed by atoms with Crippen molar-refractivity contribution in [1.82, 2.24) is 0 Å². The third-order valence-corrected chi connectivity index (χ3v) is 5.35. The largest absolute Gasteiger partial charge is 0.376 e. The highest BCUT2D eigenvalue weighted by atomic mass is 16.5. The van der Waals surface area contributed by atoms with Gasteiger partial charge in [0.25, 0.3) is 0 Å². The second kappa shape index (κ2) is 9.70. The van der Waals surface area contributed by atoms with E-state index in [0.717, 1.165) is 19.6 Å². The Morgan fingerprint density at radius 3 is 1.92 bits per heavy atom. The number of rotatable bonds is 9. The van der Waals surface area contributed by atoms with Crippen molar-refractivity contribution in [3.63, 3.8) is 0 Å². The molecule has 2 heteroatoms. The molecule has 2 aromatic carbocycles. The van der Waals surface area contributed by atoms with Crippen LogP contribution in [0.3, 0.4) is 0 Å². The molecule has 0 spiro atoms. The Balaban J connectivity index is 1.57. The van der Waals surface area contributed by atoms with Crippen LogP contribution >= 0.6 is 0 Å². The Morgan fingerprint density at radius 2 is 1.42 bits per heavy atom. The summed E-state index contributed by atoms with van der Waals surface area (Å²) >= 11 is 0. The van der Waals surface area contributed by atoms with Crippen molar-refractivity contribution in [1.29, 1.82) is 0 Å². The van der Waals surface area contributed by atoms with Crippen molar-refractivity contribution < 1.29 is 9.47 Å². The molecular weight excluding hydrogens is 320 g/mol. The third-order valence-electron chi connectivity index (χ3n) is 5.35. The van der Waals surface area contributed by atoms with E-state index >= 15 is 0 Å². The van der Waals surface area contributed by atoms with Crippen molar-refractivity contribution in [2.24, 2.45) is 11.3 Å². The number of allylic oxidation sites excluding steroid dienone is 1. The van der Waals surface area contributed by atoms with Gasteiger partial charge in [-0.3, -0.25) is 0 Å². The predicted octanol–water partition coefficient (Wildman–Crippen LogP) is 5.78. The lowest BCUT2D eigenvalue weighted by molar-refractivity contribution is -0.0578. The monoisotopic (exact) mass is 350 g/mol. The number of benzene rings is 2. The van der Waals surface area contributed by atoms with Gasteiger partial charge in [-0.05, 0) is 36.3 Å². The molecule has 2 nitrogen and oxygen atoms in total. The van der Waals surface area contributed by atoms with Crippen molar-refractivity contribution in [3.8, 4) is 0 Å². The second-order valence-corrected chi connectivity index (χ2v) is 7.55. The molecule has 0 amide bonds. The number of hydrogen-bond donors (Lipinski definition) is 0. The zero-order valence-corrected chi connectivity index (χ0v) is 15.6. The molecule has 0 N–H and O–H groups in total. The topological polar surface area (TPSA) is 18.5 Å². The van der Waals surface area contributed by atoms with Crippen molar-refractivity contribution in [2.45, 2.75) is 38.9 Å². The van der Waals surface area contributed by atoms with Crippen LogP contribution in [-0.4, -0.2) is 13.2 Å². The highest BCUT2D eigenvalue weighted by Gasteiger charge is 2.36. The van der Waals surface area contributed by atoms with Gasteiger partial charge in [-0.25, -0.2) is 0 Å². The van der Waals surface area contributed by atoms with Crippen molar-refractivity contribution in [3.05, 3.63) is 84.4 Å². The summed E-state index contributed by atoms with van der Waals surface area (Å²) in [6, 6.07) is 20.8. The molecule has 0 unspecified atom stereocenters. The van der Waals surface area contributed by atoms with Crippen LogP contribution in [0.25, 0.3) is 0 Å². The summed E-state index contributed by atoms with van der Waals surface area (Å²) in [5.74, 6) is 0.574. The molecule has 1 fully saturated rings. The van der Waals surface area contributed by atoms with Gasteiger partial charge in [0, 0.05) is 5.41 Å². The van der Waals surface area contributed by atoms with Gasteiger partial charge in [-0.1, -0.05) is 73.2 Å². The Bertz CT molecular complexity index is 605. The molecular formula is C24H30O2. The number of hydrogen-bond acceptors (Lipinski definition) is 2. The second-order valence-electron chi connectivity index (χ2n) is 7.55. The summed E-state index contributed by atoms with van der Waals surface area (Å²) in [5.41, 5.74) is 2.55. The molecule has 1 saturated carbocycles. The fourth-order valence-electron chi connectivity index (χ4n) is 3.92. The standard InChI is InChI=1S/C24H30O2/c1-2-21-14-9-15-24(16-21,19-25-17-22-10-5-3-6-11-22)20-26-18-23-12-7-4-8-13-23/h2-8,10-13,21H,1,9,14-20H2/t21-/m1/s1. The normalized spacial score (nSPS) is 19.2. The zero-order valence-electron chi connectivity index (χ0n) is 15.6.